The summed E-state index contributed by atoms with van der Waals surface area (Å²) in [6, 6.07) is 9.10. The van der Waals surface area contributed by atoms with Crippen LogP contribution in [0.2, 0.25) is 0 Å². The van der Waals surface area contributed by atoms with Gasteiger partial charge >= 0.3 is 0 Å². The van der Waals surface area contributed by atoms with Crippen LogP contribution in [0.1, 0.15) is 37.7 Å². The summed E-state index contributed by atoms with van der Waals surface area (Å²) < 4.78 is 12.2. The number of hydrogen-bond donors (Lipinski definition) is 2. The van der Waals surface area contributed by atoms with Gasteiger partial charge in [-0.15, -0.1) is 24.0 Å². The maximum Gasteiger partial charge on any atom is 0.191 e. The van der Waals surface area contributed by atoms with E-state index in [-0.39, 0.29) is 30.1 Å². The number of hydrogen-bond acceptors (Lipinski definition) is 3. The van der Waals surface area contributed by atoms with Crippen molar-refractivity contribution in [3.63, 3.8) is 0 Å². The average molecular weight is 538 g/mol. The Hall–Kier alpha value is -0.380. The van der Waals surface area contributed by atoms with Crippen molar-refractivity contribution in [1.29, 1.82) is 0 Å². The van der Waals surface area contributed by atoms with Crippen molar-refractivity contribution in [2.45, 2.75) is 44.2 Å². The van der Waals surface area contributed by atoms with Gasteiger partial charge in [0.25, 0.3) is 0 Å². The zero-order chi connectivity index (χ0) is 17.5. The standard InChI is InChI=1S/C19H28BrN3O2.HI/c1-2-21-19(22-9-3-10-25-16-8-11-24-13-16)23-18-12-17(18)14-4-6-15(20)7-5-14;/h4-7,16-18H,2-3,8-13H2,1H3,(H2,21,22,23);1H. The highest BCUT2D eigenvalue weighted by molar-refractivity contribution is 14.0. The monoisotopic (exact) mass is 537 g/mol. The zero-order valence-electron chi connectivity index (χ0n) is 15.2. The van der Waals surface area contributed by atoms with E-state index in [0.717, 1.165) is 62.6 Å². The number of guanidine groups is 1. The second-order valence-corrected chi connectivity index (χ2v) is 7.53. The summed E-state index contributed by atoms with van der Waals surface area (Å²) in [6.07, 6.45) is 3.41. The van der Waals surface area contributed by atoms with Crippen molar-refractivity contribution in [2.75, 3.05) is 32.9 Å². The van der Waals surface area contributed by atoms with Gasteiger partial charge in [0, 0.05) is 42.7 Å². The van der Waals surface area contributed by atoms with E-state index in [9.17, 15) is 0 Å². The van der Waals surface area contributed by atoms with Crippen molar-refractivity contribution in [3.05, 3.63) is 34.3 Å². The van der Waals surface area contributed by atoms with Crippen LogP contribution >= 0.6 is 39.9 Å². The van der Waals surface area contributed by atoms with Crippen LogP contribution in [-0.4, -0.2) is 51.0 Å². The Labute approximate surface area is 181 Å². The minimum absolute atomic E-state index is 0. The number of nitrogens with one attached hydrogen (secondary N) is 2. The molecule has 1 aliphatic heterocycles. The normalized spacial score (nSPS) is 24.8. The molecular weight excluding hydrogens is 509 g/mol. The van der Waals surface area contributed by atoms with Crippen molar-refractivity contribution in [1.82, 2.24) is 10.6 Å². The summed E-state index contributed by atoms with van der Waals surface area (Å²) in [5.41, 5.74) is 1.39. The smallest absolute Gasteiger partial charge is 0.191 e. The fourth-order valence-corrected chi connectivity index (χ4v) is 3.34. The molecule has 2 fully saturated rings. The molecule has 2 N–H and O–H groups in total. The Morgan fingerprint density at radius 2 is 2.15 bits per heavy atom. The third kappa shape index (κ3) is 6.98. The second-order valence-electron chi connectivity index (χ2n) is 6.62. The van der Waals surface area contributed by atoms with Gasteiger partial charge in [-0.3, -0.25) is 4.99 Å². The molecule has 0 spiro atoms. The molecule has 3 unspecified atom stereocenters. The molecule has 0 bridgehead atoms. The maximum absolute atomic E-state index is 5.78. The third-order valence-corrected chi connectivity index (χ3v) is 5.10. The van der Waals surface area contributed by atoms with Gasteiger partial charge in [0.1, 0.15) is 0 Å². The average Bonchev–Trinajstić information content (AvgIpc) is 3.16. The molecule has 0 amide bonds. The van der Waals surface area contributed by atoms with E-state index in [1.807, 2.05) is 0 Å². The Bertz CT molecular complexity index is 564. The Kier molecular flexibility index (Phi) is 9.66. The molecule has 0 radical (unpaired) electrons. The number of benzene rings is 1. The maximum atomic E-state index is 5.78. The van der Waals surface area contributed by atoms with Crippen LogP contribution in [0.25, 0.3) is 0 Å². The number of rotatable bonds is 8. The molecule has 1 aromatic rings. The van der Waals surface area contributed by atoms with Crippen LogP contribution in [0.15, 0.2) is 33.7 Å². The molecule has 7 heteroatoms. The van der Waals surface area contributed by atoms with Gasteiger partial charge in [-0.25, -0.2) is 0 Å². The lowest BCUT2D eigenvalue weighted by Gasteiger charge is -2.12. The Morgan fingerprint density at radius 1 is 1.35 bits per heavy atom. The molecule has 1 aromatic carbocycles. The Morgan fingerprint density at radius 3 is 2.85 bits per heavy atom. The van der Waals surface area contributed by atoms with Gasteiger partial charge in [0.05, 0.1) is 12.7 Å². The molecule has 146 valence electrons. The third-order valence-electron chi connectivity index (χ3n) is 4.57. The van der Waals surface area contributed by atoms with E-state index < -0.39 is 0 Å². The molecule has 2 aliphatic rings. The van der Waals surface area contributed by atoms with Gasteiger partial charge in [-0.1, -0.05) is 28.1 Å². The van der Waals surface area contributed by atoms with E-state index >= 15 is 0 Å². The summed E-state index contributed by atoms with van der Waals surface area (Å²) in [5.74, 6) is 1.50. The summed E-state index contributed by atoms with van der Waals surface area (Å²) in [7, 11) is 0. The number of ether oxygens (including phenoxy) is 2. The lowest BCUT2D eigenvalue weighted by molar-refractivity contribution is 0.0424. The predicted molar refractivity (Wildman–Crippen MR) is 120 cm³/mol. The van der Waals surface area contributed by atoms with E-state index in [1.165, 1.54) is 5.56 Å². The minimum atomic E-state index is 0. The van der Waals surface area contributed by atoms with Crippen molar-refractivity contribution >= 4 is 45.9 Å². The first kappa shape index (κ1) is 21.9. The highest BCUT2D eigenvalue weighted by Gasteiger charge is 2.38. The Balaban J connectivity index is 0.00000243. The number of halogens is 2. The quantitative estimate of drug-likeness (QED) is 0.230. The number of aliphatic imine (C=N–C) groups is 1. The molecule has 3 rings (SSSR count). The highest BCUT2D eigenvalue weighted by Crippen LogP contribution is 2.40. The zero-order valence-corrected chi connectivity index (χ0v) is 19.2. The molecule has 0 aromatic heterocycles. The summed E-state index contributed by atoms with van der Waals surface area (Å²) in [4.78, 5) is 4.68. The van der Waals surface area contributed by atoms with Gasteiger partial charge in [0.15, 0.2) is 5.96 Å². The summed E-state index contributed by atoms with van der Waals surface area (Å²) in [5, 5.41) is 6.89. The predicted octanol–water partition coefficient (Wildman–Crippen LogP) is 3.67. The van der Waals surface area contributed by atoms with Gasteiger partial charge in [0.2, 0.25) is 0 Å². The number of nitrogens with zero attached hydrogens (tertiary/aromatic N) is 1. The topological polar surface area (TPSA) is 54.9 Å². The second kappa shape index (κ2) is 11.5. The van der Waals surface area contributed by atoms with Crippen LogP contribution < -0.4 is 10.6 Å². The molecule has 1 aliphatic carbocycles. The van der Waals surface area contributed by atoms with Gasteiger partial charge in [-0.05, 0) is 43.9 Å². The van der Waals surface area contributed by atoms with Gasteiger partial charge in [-0.2, -0.15) is 0 Å². The fraction of sp³-hybridized carbons (Fsp3) is 0.632. The first-order valence-electron chi connectivity index (χ1n) is 9.26. The van der Waals surface area contributed by atoms with Crippen LogP contribution in [-0.2, 0) is 9.47 Å². The molecule has 26 heavy (non-hydrogen) atoms. The highest BCUT2D eigenvalue weighted by atomic mass is 127. The molecule has 1 saturated heterocycles. The SMILES string of the molecule is CCNC(=NCCCOC1CCOC1)NC1CC1c1ccc(Br)cc1.I. The van der Waals surface area contributed by atoms with Crippen LogP contribution in [0.3, 0.4) is 0 Å². The lowest BCUT2D eigenvalue weighted by atomic mass is 10.1. The first-order chi connectivity index (χ1) is 12.3. The van der Waals surface area contributed by atoms with E-state index in [1.54, 1.807) is 0 Å². The van der Waals surface area contributed by atoms with Crippen LogP contribution in [0.4, 0.5) is 0 Å². The minimum Gasteiger partial charge on any atom is -0.379 e. The van der Waals surface area contributed by atoms with Crippen LogP contribution in [0.5, 0.6) is 0 Å². The van der Waals surface area contributed by atoms with Crippen molar-refractivity contribution < 1.29 is 9.47 Å². The lowest BCUT2D eigenvalue weighted by Crippen LogP contribution is -2.39. The molecular formula is C19H29BrIN3O2. The summed E-state index contributed by atoms with van der Waals surface area (Å²) in [6.45, 7) is 6.07. The van der Waals surface area contributed by atoms with E-state index in [4.69, 9.17) is 9.47 Å². The molecule has 5 nitrogen and oxygen atoms in total. The molecule has 3 atom stereocenters. The fourth-order valence-electron chi connectivity index (χ4n) is 3.08. The van der Waals surface area contributed by atoms with E-state index in [0.29, 0.717) is 12.0 Å². The molecule has 1 saturated carbocycles. The van der Waals surface area contributed by atoms with Crippen LogP contribution in [0, 0.1) is 0 Å². The molecule has 1 heterocycles. The largest absolute Gasteiger partial charge is 0.379 e. The summed E-state index contributed by atoms with van der Waals surface area (Å²) >= 11 is 3.49. The van der Waals surface area contributed by atoms with E-state index in [2.05, 4.69) is 62.7 Å². The van der Waals surface area contributed by atoms with Crippen molar-refractivity contribution in [2.24, 2.45) is 4.99 Å². The van der Waals surface area contributed by atoms with Crippen molar-refractivity contribution in [3.8, 4) is 0 Å². The van der Waals surface area contributed by atoms with Gasteiger partial charge < -0.3 is 20.1 Å². The first-order valence-corrected chi connectivity index (χ1v) is 10.0.